The predicted octanol–water partition coefficient (Wildman–Crippen LogP) is 4.95. The second kappa shape index (κ2) is 8.50. The van der Waals surface area contributed by atoms with Crippen molar-refractivity contribution < 1.29 is 4.79 Å². The maximum atomic E-state index is 12.4. The van der Waals surface area contributed by atoms with Crippen molar-refractivity contribution in [1.82, 2.24) is 4.98 Å². The monoisotopic (exact) mass is 365 g/mol. The first-order chi connectivity index (χ1) is 12.6. The Morgan fingerprint density at radius 1 is 1.04 bits per heavy atom. The number of nitrogens with zero attached hydrogens (tertiary/aromatic N) is 1. The van der Waals surface area contributed by atoms with Crippen LogP contribution >= 0.6 is 11.6 Å². The molecule has 3 aromatic rings. The van der Waals surface area contributed by atoms with Gasteiger partial charge in [0, 0.05) is 29.6 Å². The highest BCUT2D eigenvalue weighted by atomic mass is 35.5. The number of aryl methyl sites for hydroxylation is 1. The van der Waals surface area contributed by atoms with Crippen LogP contribution in [0.15, 0.2) is 67.0 Å². The van der Waals surface area contributed by atoms with Gasteiger partial charge in [0.2, 0.25) is 0 Å². The summed E-state index contributed by atoms with van der Waals surface area (Å²) in [6, 6.07) is 17.3. The Labute approximate surface area is 158 Å². The Balaban J connectivity index is 1.58. The number of carbonyl (C=O) groups is 1. The van der Waals surface area contributed by atoms with E-state index >= 15 is 0 Å². The summed E-state index contributed by atoms with van der Waals surface area (Å²) in [6.07, 6.45) is 4.14. The number of benzene rings is 2. The van der Waals surface area contributed by atoms with Crippen molar-refractivity contribution in [3.63, 3.8) is 0 Å². The zero-order valence-corrected chi connectivity index (χ0v) is 15.3. The zero-order chi connectivity index (χ0) is 18.4. The van der Waals surface area contributed by atoms with Crippen molar-refractivity contribution in [2.24, 2.45) is 0 Å². The lowest BCUT2D eigenvalue weighted by Crippen LogP contribution is -2.13. The molecule has 0 spiro atoms. The number of anilines is 2. The lowest BCUT2D eigenvalue weighted by Gasteiger charge is -2.09. The Kier molecular flexibility index (Phi) is 5.87. The second-order valence-electron chi connectivity index (χ2n) is 6.09. The van der Waals surface area contributed by atoms with E-state index in [0.717, 1.165) is 34.9 Å². The van der Waals surface area contributed by atoms with E-state index < -0.39 is 0 Å². The van der Waals surface area contributed by atoms with Gasteiger partial charge in [0.05, 0.1) is 11.3 Å². The van der Waals surface area contributed by atoms with Crippen LogP contribution in [0, 0.1) is 6.92 Å². The van der Waals surface area contributed by atoms with Crippen LogP contribution in [0.5, 0.6) is 0 Å². The van der Waals surface area contributed by atoms with Gasteiger partial charge in [0.15, 0.2) is 0 Å². The Morgan fingerprint density at radius 3 is 2.62 bits per heavy atom. The molecule has 3 rings (SSSR count). The number of halogens is 1. The summed E-state index contributed by atoms with van der Waals surface area (Å²) in [5.74, 6) is -0.176. The van der Waals surface area contributed by atoms with E-state index in [1.165, 1.54) is 5.56 Å². The van der Waals surface area contributed by atoms with E-state index in [9.17, 15) is 4.79 Å². The van der Waals surface area contributed by atoms with Crippen LogP contribution in [-0.4, -0.2) is 17.4 Å². The molecular formula is C21H20ClN3O. The maximum Gasteiger partial charge on any atom is 0.257 e. The van der Waals surface area contributed by atoms with Gasteiger partial charge in [-0.15, -0.1) is 0 Å². The van der Waals surface area contributed by atoms with E-state index in [0.29, 0.717) is 5.56 Å². The lowest BCUT2D eigenvalue weighted by molar-refractivity contribution is 0.102. The first kappa shape index (κ1) is 18.0. The van der Waals surface area contributed by atoms with Crippen molar-refractivity contribution in [3.05, 3.63) is 88.7 Å². The summed E-state index contributed by atoms with van der Waals surface area (Å²) >= 11 is 5.89. The Hall–Kier alpha value is -2.85. The molecule has 0 unspecified atom stereocenters. The highest BCUT2D eigenvalue weighted by molar-refractivity contribution is 6.30. The number of aromatic nitrogens is 1. The molecule has 0 aliphatic heterocycles. The largest absolute Gasteiger partial charge is 0.383 e. The summed E-state index contributed by atoms with van der Waals surface area (Å²) in [5, 5.41) is 6.93. The molecule has 0 fully saturated rings. The van der Waals surface area contributed by atoms with Crippen LogP contribution in [0.25, 0.3) is 0 Å². The Bertz CT molecular complexity index is 894. The smallest absolute Gasteiger partial charge is 0.257 e. The van der Waals surface area contributed by atoms with E-state index in [1.54, 1.807) is 18.5 Å². The molecule has 0 radical (unpaired) electrons. The molecule has 26 heavy (non-hydrogen) atoms. The van der Waals surface area contributed by atoms with Gasteiger partial charge in [-0.3, -0.25) is 9.78 Å². The molecule has 5 heteroatoms. The van der Waals surface area contributed by atoms with Crippen molar-refractivity contribution in [3.8, 4) is 0 Å². The minimum atomic E-state index is -0.176. The van der Waals surface area contributed by atoms with Gasteiger partial charge in [-0.2, -0.15) is 0 Å². The molecule has 132 valence electrons. The summed E-state index contributed by atoms with van der Waals surface area (Å²) in [6.45, 7) is 2.73. The van der Waals surface area contributed by atoms with Crippen LogP contribution in [0.2, 0.25) is 5.02 Å². The van der Waals surface area contributed by atoms with Crippen LogP contribution in [-0.2, 0) is 6.42 Å². The van der Waals surface area contributed by atoms with Crippen molar-refractivity contribution >= 4 is 28.9 Å². The summed E-state index contributed by atoms with van der Waals surface area (Å²) in [5.41, 5.74) is 4.40. The maximum absolute atomic E-state index is 12.4. The van der Waals surface area contributed by atoms with E-state index in [2.05, 4.69) is 15.6 Å². The molecule has 0 saturated heterocycles. The number of nitrogens with one attached hydrogen (secondary N) is 2. The standard InChI is InChI=1S/C21H20ClN3O/c1-15-3-2-4-19(11-15)25-21(26)17-12-20(14-23-13-17)24-10-9-16-5-7-18(22)8-6-16/h2-8,11-14,24H,9-10H2,1H3,(H,25,26). The molecule has 0 atom stereocenters. The molecule has 0 aliphatic carbocycles. The van der Waals surface area contributed by atoms with Crippen molar-refractivity contribution in [2.45, 2.75) is 13.3 Å². The SMILES string of the molecule is Cc1cccc(NC(=O)c2cncc(NCCc3ccc(Cl)cc3)c2)c1. The number of pyridine rings is 1. The molecule has 0 aliphatic rings. The molecule has 1 aromatic heterocycles. The van der Waals surface area contributed by atoms with Crippen LogP contribution < -0.4 is 10.6 Å². The van der Waals surface area contributed by atoms with E-state index in [1.807, 2.05) is 55.5 Å². The third-order valence-corrected chi connectivity index (χ3v) is 4.18. The molecule has 2 aromatic carbocycles. The van der Waals surface area contributed by atoms with Gasteiger partial charge in [-0.1, -0.05) is 35.9 Å². The number of amides is 1. The van der Waals surface area contributed by atoms with Gasteiger partial charge >= 0.3 is 0 Å². The quantitative estimate of drug-likeness (QED) is 0.649. The van der Waals surface area contributed by atoms with Crippen LogP contribution in [0.3, 0.4) is 0 Å². The fourth-order valence-electron chi connectivity index (χ4n) is 2.59. The van der Waals surface area contributed by atoms with E-state index in [4.69, 9.17) is 11.6 Å². The van der Waals surface area contributed by atoms with Crippen LogP contribution in [0.1, 0.15) is 21.5 Å². The van der Waals surface area contributed by atoms with Gasteiger partial charge in [0.1, 0.15) is 0 Å². The fraction of sp³-hybridized carbons (Fsp3) is 0.143. The number of hydrogen-bond acceptors (Lipinski definition) is 3. The highest BCUT2D eigenvalue weighted by Crippen LogP contribution is 2.14. The fourth-order valence-corrected chi connectivity index (χ4v) is 2.72. The van der Waals surface area contributed by atoms with Gasteiger partial charge in [0.25, 0.3) is 5.91 Å². The molecule has 4 nitrogen and oxygen atoms in total. The average Bonchev–Trinajstić information content (AvgIpc) is 2.64. The number of carbonyl (C=O) groups excluding carboxylic acids is 1. The minimum Gasteiger partial charge on any atom is -0.383 e. The summed E-state index contributed by atoms with van der Waals surface area (Å²) in [7, 11) is 0. The molecule has 2 N–H and O–H groups in total. The van der Waals surface area contributed by atoms with Gasteiger partial charge in [-0.05, 0) is 54.8 Å². The Morgan fingerprint density at radius 2 is 1.85 bits per heavy atom. The topological polar surface area (TPSA) is 54.0 Å². The summed E-state index contributed by atoms with van der Waals surface area (Å²) < 4.78 is 0. The van der Waals surface area contributed by atoms with Crippen molar-refractivity contribution in [2.75, 3.05) is 17.2 Å². The average molecular weight is 366 g/mol. The third-order valence-electron chi connectivity index (χ3n) is 3.93. The normalized spacial score (nSPS) is 10.4. The first-order valence-electron chi connectivity index (χ1n) is 8.41. The zero-order valence-electron chi connectivity index (χ0n) is 14.5. The number of hydrogen-bond donors (Lipinski definition) is 2. The second-order valence-corrected chi connectivity index (χ2v) is 6.53. The third kappa shape index (κ3) is 5.07. The van der Waals surface area contributed by atoms with Gasteiger partial charge in [-0.25, -0.2) is 0 Å². The molecule has 1 amide bonds. The minimum absolute atomic E-state index is 0.176. The molecule has 0 bridgehead atoms. The summed E-state index contributed by atoms with van der Waals surface area (Å²) in [4.78, 5) is 16.6. The molecule has 0 saturated carbocycles. The van der Waals surface area contributed by atoms with E-state index in [-0.39, 0.29) is 5.91 Å². The number of rotatable bonds is 6. The first-order valence-corrected chi connectivity index (χ1v) is 8.79. The molecular weight excluding hydrogens is 346 g/mol. The van der Waals surface area contributed by atoms with Crippen molar-refractivity contribution in [1.29, 1.82) is 0 Å². The van der Waals surface area contributed by atoms with Gasteiger partial charge < -0.3 is 10.6 Å². The molecule has 1 heterocycles. The van der Waals surface area contributed by atoms with Crippen LogP contribution in [0.4, 0.5) is 11.4 Å². The highest BCUT2D eigenvalue weighted by Gasteiger charge is 2.08. The lowest BCUT2D eigenvalue weighted by atomic mass is 10.1. The predicted molar refractivity (Wildman–Crippen MR) is 107 cm³/mol.